The molecule has 0 spiro atoms. The summed E-state index contributed by atoms with van der Waals surface area (Å²) in [4.78, 5) is 27.9. The second kappa shape index (κ2) is 6.76. The van der Waals surface area contributed by atoms with Gasteiger partial charge in [0.25, 0.3) is 5.91 Å². The number of amides is 1. The zero-order valence-electron chi connectivity index (χ0n) is 11.8. The quantitative estimate of drug-likeness (QED) is 0.730. The van der Waals surface area contributed by atoms with Crippen LogP contribution in [0.2, 0.25) is 5.02 Å². The van der Waals surface area contributed by atoms with Crippen LogP contribution in [0.4, 0.5) is 5.13 Å². The highest BCUT2D eigenvalue weighted by molar-refractivity contribution is 7.22. The average molecular weight is 347 g/mol. The number of carbonyl (C=O) groups excluding carboxylic acids is 2. The van der Waals surface area contributed by atoms with Crippen molar-refractivity contribution in [1.29, 1.82) is 0 Å². The molecule has 0 aliphatic carbocycles. The van der Waals surface area contributed by atoms with E-state index in [2.05, 4.69) is 10.3 Å². The molecule has 7 heteroatoms. The lowest BCUT2D eigenvalue weighted by Crippen LogP contribution is -2.20. The maximum Gasteiger partial charge on any atom is 0.338 e. The number of fused-ring (bicyclic) bond motifs is 1. The van der Waals surface area contributed by atoms with Crippen LogP contribution in [0.5, 0.6) is 0 Å². The molecule has 0 aliphatic rings. The summed E-state index contributed by atoms with van der Waals surface area (Å²) in [6.07, 6.45) is 0. The Labute approximate surface area is 140 Å². The molecule has 0 saturated carbocycles. The van der Waals surface area contributed by atoms with E-state index in [-0.39, 0.29) is 6.61 Å². The lowest BCUT2D eigenvalue weighted by molar-refractivity contribution is -0.119. The number of halogens is 1. The normalized spacial score (nSPS) is 10.5. The molecule has 1 heterocycles. The summed E-state index contributed by atoms with van der Waals surface area (Å²) in [6, 6.07) is 13.9. The van der Waals surface area contributed by atoms with Crippen molar-refractivity contribution in [2.45, 2.75) is 0 Å². The third kappa shape index (κ3) is 3.85. The number of esters is 1. The molecule has 1 N–H and O–H groups in total. The van der Waals surface area contributed by atoms with Crippen LogP contribution in [0, 0.1) is 0 Å². The molecule has 116 valence electrons. The van der Waals surface area contributed by atoms with Gasteiger partial charge in [-0.1, -0.05) is 41.1 Å². The minimum absolute atomic E-state index is 0.297. The number of benzene rings is 2. The van der Waals surface area contributed by atoms with Gasteiger partial charge in [0.15, 0.2) is 11.7 Å². The van der Waals surface area contributed by atoms with Crippen LogP contribution in [-0.2, 0) is 9.53 Å². The van der Waals surface area contributed by atoms with Crippen molar-refractivity contribution in [2.75, 3.05) is 11.9 Å². The predicted molar refractivity (Wildman–Crippen MR) is 90.0 cm³/mol. The molecule has 0 saturated heterocycles. The highest BCUT2D eigenvalue weighted by Gasteiger charge is 2.12. The summed E-state index contributed by atoms with van der Waals surface area (Å²) in [5.74, 6) is -1.05. The second-order valence-corrected chi connectivity index (χ2v) is 6.09. The maximum absolute atomic E-state index is 11.8. The van der Waals surface area contributed by atoms with E-state index < -0.39 is 11.9 Å². The van der Waals surface area contributed by atoms with E-state index in [0.717, 1.165) is 10.2 Å². The second-order valence-electron chi connectivity index (χ2n) is 4.62. The first kappa shape index (κ1) is 15.5. The first-order valence-corrected chi connectivity index (χ1v) is 7.89. The number of nitrogens with zero attached hydrogens (tertiary/aromatic N) is 1. The number of hydrogen-bond donors (Lipinski definition) is 1. The Morgan fingerprint density at radius 3 is 2.78 bits per heavy atom. The van der Waals surface area contributed by atoms with Gasteiger partial charge in [0.2, 0.25) is 0 Å². The van der Waals surface area contributed by atoms with E-state index in [1.807, 2.05) is 24.3 Å². The molecular weight excluding hydrogens is 336 g/mol. The van der Waals surface area contributed by atoms with Crippen molar-refractivity contribution < 1.29 is 14.3 Å². The molecule has 0 radical (unpaired) electrons. The Balaban J connectivity index is 1.58. The van der Waals surface area contributed by atoms with Gasteiger partial charge in [-0.05, 0) is 30.3 Å². The van der Waals surface area contributed by atoms with Crippen molar-refractivity contribution in [3.8, 4) is 0 Å². The van der Waals surface area contributed by atoms with Crippen LogP contribution in [0.25, 0.3) is 10.2 Å². The zero-order chi connectivity index (χ0) is 16.2. The van der Waals surface area contributed by atoms with Gasteiger partial charge < -0.3 is 4.74 Å². The van der Waals surface area contributed by atoms with E-state index in [4.69, 9.17) is 16.3 Å². The number of carbonyl (C=O) groups is 2. The molecule has 3 aromatic rings. The number of ether oxygens (including phenoxy) is 1. The standard InChI is InChI=1S/C16H11ClN2O3S/c17-11-5-3-4-10(8-11)15(21)22-9-14(20)19-16-18-12-6-1-2-7-13(12)23-16/h1-8H,9H2,(H,18,19,20). The van der Waals surface area contributed by atoms with Crippen LogP contribution in [-0.4, -0.2) is 23.5 Å². The van der Waals surface area contributed by atoms with Crippen LogP contribution in [0.3, 0.4) is 0 Å². The Bertz CT molecular complexity index is 845. The van der Waals surface area contributed by atoms with Gasteiger partial charge in [-0.2, -0.15) is 0 Å². The smallest absolute Gasteiger partial charge is 0.338 e. The third-order valence-electron chi connectivity index (χ3n) is 2.93. The zero-order valence-corrected chi connectivity index (χ0v) is 13.4. The SMILES string of the molecule is O=C(COC(=O)c1cccc(Cl)c1)Nc1nc2ccccc2s1. The summed E-state index contributed by atoms with van der Waals surface area (Å²) in [7, 11) is 0. The fourth-order valence-electron chi connectivity index (χ4n) is 1.91. The number of rotatable bonds is 4. The molecule has 0 atom stereocenters. The van der Waals surface area contributed by atoms with Crippen molar-refractivity contribution in [1.82, 2.24) is 4.98 Å². The van der Waals surface area contributed by atoms with E-state index in [1.54, 1.807) is 18.2 Å². The average Bonchev–Trinajstić information content (AvgIpc) is 2.94. The number of para-hydroxylation sites is 1. The number of anilines is 1. The van der Waals surface area contributed by atoms with Crippen molar-refractivity contribution in [2.24, 2.45) is 0 Å². The van der Waals surface area contributed by atoms with E-state index >= 15 is 0 Å². The lowest BCUT2D eigenvalue weighted by atomic mass is 10.2. The van der Waals surface area contributed by atoms with Crippen molar-refractivity contribution >= 4 is 50.2 Å². The van der Waals surface area contributed by atoms with Gasteiger partial charge >= 0.3 is 5.97 Å². The molecule has 5 nitrogen and oxygen atoms in total. The number of nitrogens with one attached hydrogen (secondary N) is 1. The Hall–Kier alpha value is -2.44. The number of aromatic nitrogens is 1. The minimum Gasteiger partial charge on any atom is -0.452 e. The molecule has 3 rings (SSSR count). The van der Waals surface area contributed by atoms with E-state index in [9.17, 15) is 9.59 Å². The van der Waals surface area contributed by atoms with Gasteiger partial charge in [0, 0.05) is 5.02 Å². The van der Waals surface area contributed by atoms with Gasteiger partial charge in [-0.15, -0.1) is 0 Å². The van der Waals surface area contributed by atoms with Crippen LogP contribution < -0.4 is 5.32 Å². The summed E-state index contributed by atoms with van der Waals surface area (Å²) in [5.41, 5.74) is 1.11. The number of thiazole rings is 1. The molecule has 1 aromatic heterocycles. The lowest BCUT2D eigenvalue weighted by Gasteiger charge is -2.04. The molecule has 23 heavy (non-hydrogen) atoms. The summed E-state index contributed by atoms with van der Waals surface area (Å²) in [5, 5.41) is 3.51. The highest BCUT2D eigenvalue weighted by Crippen LogP contribution is 2.25. The Kier molecular flexibility index (Phi) is 4.55. The minimum atomic E-state index is -0.605. The Morgan fingerprint density at radius 1 is 1.17 bits per heavy atom. The first-order valence-electron chi connectivity index (χ1n) is 6.70. The summed E-state index contributed by atoms with van der Waals surface area (Å²) >= 11 is 7.16. The van der Waals surface area contributed by atoms with Crippen LogP contribution in [0.1, 0.15) is 10.4 Å². The highest BCUT2D eigenvalue weighted by atomic mass is 35.5. The van der Waals surface area contributed by atoms with Gasteiger partial charge in [0.1, 0.15) is 0 Å². The van der Waals surface area contributed by atoms with Gasteiger partial charge in [-0.3, -0.25) is 10.1 Å². The monoisotopic (exact) mass is 346 g/mol. The van der Waals surface area contributed by atoms with Crippen molar-refractivity contribution in [3.05, 3.63) is 59.1 Å². The molecule has 1 amide bonds. The fraction of sp³-hybridized carbons (Fsp3) is 0.0625. The summed E-state index contributed by atoms with van der Waals surface area (Å²) < 4.78 is 5.93. The van der Waals surface area contributed by atoms with Gasteiger partial charge in [0.05, 0.1) is 15.8 Å². The Morgan fingerprint density at radius 2 is 2.00 bits per heavy atom. The molecule has 0 bridgehead atoms. The fourth-order valence-corrected chi connectivity index (χ4v) is 2.98. The van der Waals surface area contributed by atoms with Crippen molar-refractivity contribution in [3.63, 3.8) is 0 Å². The van der Waals surface area contributed by atoms with E-state index in [1.165, 1.54) is 17.4 Å². The van der Waals surface area contributed by atoms with E-state index in [0.29, 0.717) is 15.7 Å². The topological polar surface area (TPSA) is 68.3 Å². The van der Waals surface area contributed by atoms with Crippen LogP contribution in [0.15, 0.2) is 48.5 Å². The first-order chi connectivity index (χ1) is 11.1. The molecule has 2 aromatic carbocycles. The molecule has 0 aliphatic heterocycles. The third-order valence-corrected chi connectivity index (χ3v) is 4.12. The number of hydrogen-bond acceptors (Lipinski definition) is 5. The molecule has 0 fully saturated rings. The molecule has 0 unspecified atom stereocenters. The molecular formula is C16H11ClN2O3S. The van der Waals surface area contributed by atoms with Gasteiger partial charge in [-0.25, -0.2) is 9.78 Å². The summed E-state index contributed by atoms with van der Waals surface area (Å²) in [6.45, 7) is -0.388. The predicted octanol–water partition coefficient (Wildman–Crippen LogP) is 3.75. The maximum atomic E-state index is 11.8. The largest absolute Gasteiger partial charge is 0.452 e. The van der Waals surface area contributed by atoms with Crippen LogP contribution >= 0.6 is 22.9 Å².